The molecule has 0 unspecified atom stereocenters. The molecule has 0 amide bonds. The summed E-state index contributed by atoms with van der Waals surface area (Å²) in [5.74, 6) is -1.14. The van der Waals surface area contributed by atoms with Gasteiger partial charge in [-0.15, -0.1) is 0 Å². The summed E-state index contributed by atoms with van der Waals surface area (Å²) >= 11 is 0. The van der Waals surface area contributed by atoms with Crippen molar-refractivity contribution >= 4 is 16.0 Å². The van der Waals surface area contributed by atoms with E-state index in [4.69, 9.17) is 9.84 Å². The molecule has 0 saturated carbocycles. The fourth-order valence-electron chi connectivity index (χ4n) is 2.09. The SMILES string of the molecule is Cc1ccc(S(=O)(=O)NC[C@@H]2CCCO2)cc1C(=O)O. The van der Waals surface area contributed by atoms with Crippen LogP contribution in [0.15, 0.2) is 23.1 Å². The molecule has 0 aliphatic carbocycles. The van der Waals surface area contributed by atoms with Crippen LogP contribution >= 0.6 is 0 Å². The van der Waals surface area contributed by atoms with Gasteiger partial charge in [0.2, 0.25) is 10.0 Å². The summed E-state index contributed by atoms with van der Waals surface area (Å²) in [5, 5.41) is 9.02. The average Bonchev–Trinajstić information content (AvgIpc) is 2.89. The second-order valence-electron chi connectivity index (χ2n) is 4.77. The topological polar surface area (TPSA) is 92.7 Å². The molecule has 6 nitrogen and oxygen atoms in total. The van der Waals surface area contributed by atoms with Crippen LogP contribution in [-0.2, 0) is 14.8 Å². The first kappa shape index (κ1) is 15.0. The second kappa shape index (κ2) is 5.90. The van der Waals surface area contributed by atoms with E-state index in [9.17, 15) is 13.2 Å². The maximum Gasteiger partial charge on any atom is 0.335 e. The van der Waals surface area contributed by atoms with Gasteiger partial charge in [-0.3, -0.25) is 0 Å². The Morgan fingerprint density at radius 3 is 2.85 bits per heavy atom. The van der Waals surface area contributed by atoms with E-state index >= 15 is 0 Å². The lowest BCUT2D eigenvalue weighted by Gasteiger charge is -2.12. The lowest BCUT2D eigenvalue weighted by Crippen LogP contribution is -2.32. The highest BCUT2D eigenvalue weighted by Gasteiger charge is 2.21. The first-order chi connectivity index (χ1) is 9.40. The predicted molar refractivity (Wildman–Crippen MR) is 72.3 cm³/mol. The molecular weight excluding hydrogens is 282 g/mol. The number of carbonyl (C=O) groups is 1. The Balaban J connectivity index is 2.16. The van der Waals surface area contributed by atoms with Crippen molar-refractivity contribution in [2.75, 3.05) is 13.2 Å². The average molecular weight is 299 g/mol. The summed E-state index contributed by atoms with van der Waals surface area (Å²) in [6.07, 6.45) is 1.66. The number of rotatable bonds is 5. The molecule has 2 rings (SSSR count). The Bertz CT molecular complexity index is 605. The molecule has 1 heterocycles. The van der Waals surface area contributed by atoms with Gasteiger partial charge in [-0.2, -0.15) is 0 Å². The smallest absolute Gasteiger partial charge is 0.335 e. The standard InChI is InChI=1S/C13H17NO5S/c1-9-4-5-11(7-12(9)13(15)16)20(17,18)14-8-10-3-2-6-19-10/h4-5,7,10,14H,2-3,6,8H2,1H3,(H,15,16)/t10-/m0/s1. The Hall–Kier alpha value is -1.44. The number of hydrogen-bond acceptors (Lipinski definition) is 4. The minimum absolute atomic E-state index is 0.00927. The molecule has 1 saturated heterocycles. The summed E-state index contributed by atoms with van der Waals surface area (Å²) in [6, 6.07) is 4.07. The van der Waals surface area contributed by atoms with Crippen LogP contribution in [0.4, 0.5) is 0 Å². The molecule has 1 aromatic rings. The Morgan fingerprint density at radius 2 is 2.25 bits per heavy atom. The predicted octanol–water partition coefficient (Wildman–Crippen LogP) is 1.15. The van der Waals surface area contributed by atoms with E-state index in [-0.39, 0.29) is 23.1 Å². The van der Waals surface area contributed by atoms with Crippen LogP contribution < -0.4 is 4.72 Å². The maximum absolute atomic E-state index is 12.1. The van der Waals surface area contributed by atoms with Gasteiger partial charge in [0.25, 0.3) is 0 Å². The normalized spacial score (nSPS) is 19.1. The van der Waals surface area contributed by atoms with E-state index in [1.165, 1.54) is 18.2 Å². The van der Waals surface area contributed by atoms with Gasteiger partial charge in [0.1, 0.15) is 0 Å². The van der Waals surface area contributed by atoms with Crippen LogP contribution in [0.1, 0.15) is 28.8 Å². The molecule has 1 atom stereocenters. The molecule has 0 spiro atoms. The van der Waals surface area contributed by atoms with Crippen molar-refractivity contribution in [3.8, 4) is 0 Å². The first-order valence-corrected chi connectivity index (χ1v) is 7.83. The Labute approximate surface area is 117 Å². The number of sulfonamides is 1. The monoisotopic (exact) mass is 299 g/mol. The molecule has 0 aromatic heterocycles. The van der Waals surface area contributed by atoms with Crippen molar-refractivity contribution in [2.45, 2.75) is 30.8 Å². The zero-order valence-electron chi connectivity index (χ0n) is 11.1. The molecule has 2 N–H and O–H groups in total. The summed E-state index contributed by atoms with van der Waals surface area (Å²) < 4.78 is 32.0. The lowest BCUT2D eigenvalue weighted by atomic mass is 10.1. The Kier molecular flexibility index (Phi) is 4.42. The zero-order valence-corrected chi connectivity index (χ0v) is 11.9. The van der Waals surface area contributed by atoms with Gasteiger partial charge in [-0.1, -0.05) is 6.07 Å². The lowest BCUT2D eigenvalue weighted by molar-refractivity contribution is 0.0696. The summed E-state index contributed by atoms with van der Waals surface area (Å²) in [7, 11) is -3.71. The van der Waals surface area contributed by atoms with Crippen molar-refractivity contribution < 1.29 is 23.1 Å². The zero-order chi connectivity index (χ0) is 14.8. The molecule has 7 heteroatoms. The second-order valence-corrected chi connectivity index (χ2v) is 6.54. The van der Waals surface area contributed by atoms with Crippen LogP contribution in [0.2, 0.25) is 0 Å². The van der Waals surface area contributed by atoms with E-state index in [0.717, 1.165) is 12.8 Å². The van der Waals surface area contributed by atoms with E-state index in [1.54, 1.807) is 6.92 Å². The van der Waals surface area contributed by atoms with Crippen LogP contribution in [0, 0.1) is 6.92 Å². The minimum atomic E-state index is -3.71. The summed E-state index contributed by atoms with van der Waals surface area (Å²) in [6.45, 7) is 2.48. The number of nitrogens with one attached hydrogen (secondary N) is 1. The van der Waals surface area contributed by atoms with Crippen LogP contribution in [0.5, 0.6) is 0 Å². The highest BCUT2D eigenvalue weighted by molar-refractivity contribution is 7.89. The van der Waals surface area contributed by atoms with E-state index in [2.05, 4.69) is 4.72 Å². The number of hydrogen-bond donors (Lipinski definition) is 2. The van der Waals surface area contributed by atoms with Crippen molar-refractivity contribution in [1.82, 2.24) is 4.72 Å². The van der Waals surface area contributed by atoms with E-state index in [1.807, 2.05) is 0 Å². The highest BCUT2D eigenvalue weighted by Crippen LogP contribution is 2.17. The third-order valence-electron chi connectivity index (χ3n) is 3.27. The van der Waals surface area contributed by atoms with Gasteiger partial charge in [0, 0.05) is 13.2 Å². The fourth-order valence-corrected chi connectivity index (χ4v) is 3.18. The van der Waals surface area contributed by atoms with Gasteiger partial charge in [-0.25, -0.2) is 17.9 Å². The van der Waals surface area contributed by atoms with Crippen molar-refractivity contribution in [3.63, 3.8) is 0 Å². The fraction of sp³-hybridized carbons (Fsp3) is 0.462. The molecule has 1 aromatic carbocycles. The van der Waals surface area contributed by atoms with Gasteiger partial charge in [0.05, 0.1) is 16.6 Å². The van der Waals surface area contributed by atoms with E-state index in [0.29, 0.717) is 12.2 Å². The van der Waals surface area contributed by atoms with Gasteiger partial charge >= 0.3 is 5.97 Å². The molecule has 1 aliphatic rings. The van der Waals surface area contributed by atoms with Gasteiger partial charge < -0.3 is 9.84 Å². The number of carboxylic acids is 1. The van der Waals surface area contributed by atoms with Crippen molar-refractivity contribution in [3.05, 3.63) is 29.3 Å². The van der Waals surface area contributed by atoms with Gasteiger partial charge in [-0.05, 0) is 37.5 Å². The first-order valence-electron chi connectivity index (χ1n) is 6.35. The molecule has 1 aliphatic heterocycles. The summed E-state index contributed by atoms with van der Waals surface area (Å²) in [5.41, 5.74) is 0.514. The van der Waals surface area contributed by atoms with Crippen LogP contribution in [0.25, 0.3) is 0 Å². The number of aromatic carboxylic acids is 1. The molecular formula is C13H17NO5S. The van der Waals surface area contributed by atoms with Crippen molar-refractivity contribution in [1.29, 1.82) is 0 Å². The molecule has 0 radical (unpaired) electrons. The molecule has 20 heavy (non-hydrogen) atoms. The third kappa shape index (κ3) is 3.36. The van der Waals surface area contributed by atoms with Crippen molar-refractivity contribution in [2.24, 2.45) is 0 Å². The van der Waals surface area contributed by atoms with Crippen LogP contribution in [-0.4, -0.2) is 38.7 Å². The Morgan fingerprint density at radius 1 is 1.50 bits per heavy atom. The number of carboxylic acid groups (broad SMARTS) is 1. The number of aryl methyl sites for hydroxylation is 1. The maximum atomic E-state index is 12.1. The minimum Gasteiger partial charge on any atom is -0.478 e. The third-order valence-corrected chi connectivity index (χ3v) is 4.70. The number of benzene rings is 1. The quantitative estimate of drug-likeness (QED) is 0.851. The van der Waals surface area contributed by atoms with Crippen LogP contribution in [0.3, 0.4) is 0 Å². The van der Waals surface area contributed by atoms with E-state index < -0.39 is 16.0 Å². The van der Waals surface area contributed by atoms with Gasteiger partial charge in [0.15, 0.2) is 0 Å². The molecule has 110 valence electrons. The molecule has 0 bridgehead atoms. The molecule has 1 fully saturated rings. The number of ether oxygens (including phenoxy) is 1. The summed E-state index contributed by atoms with van der Waals surface area (Å²) in [4.78, 5) is 11.0. The largest absolute Gasteiger partial charge is 0.478 e. The highest BCUT2D eigenvalue weighted by atomic mass is 32.2.